The standard InChI is InChI=1S/C12H14N4O/c1-13-11-2-4-14-9-12(11)17-7-3-10-8-15-5-6-16-10/h2,4-6,8-9H,3,7H2,1H3,(H,13,14). The fourth-order valence-electron chi connectivity index (χ4n) is 1.43. The Balaban J connectivity index is 1.90. The highest BCUT2D eigenvalue weighted by molar-refractivity contribution is 5.53. The van der Waals surface area contributed by atoms with Gasteiger partial charge in [0, 0.05) is 38.3 Å². The Bertz CT molecular complexity index is 461. The van der Waals surface area contributed by atoms with E-state index in [1.165, 1.54) is 0 Å². The maximum absolute atomic E-state index is 5.64. The van der Waals surface area contributed by atoms with Crippen LogP contribution in [0.5, 0.6) is 5.75 Å². The topological polar surface area (TPSA) is 59.9 Å². The molecule has 5 nitrogen and oxygen atoms in total. The van der Waals surface area contributed by atoms with Crippen LogP contribution in [-0.4, -0.2) is 28.6 Å². The van der Waals surface area contributed by atoms with Gasteiger partial charge in [0.05, 0.1) is 24.2 Å². The third-order valence-corrected chi connectivity index (χ3v) is 2.29. The second kappa shape index (κ2) is 5.79. The van der Waals surface area contributed by atoms with Crippen LogP contribution < -0.4 is 10.1 Å². The minimum Gasteiger partial charge on any atom is -0.489 e. The number of ether oxygens (including phenoxy) is 1. The first-order valence-corrected chi connectivity index (χ1v) is 5.39. The van der Waals surface area contributed by atoms with Gasteiger partial charge in [-0.25, -0.2) is 0 Å². The van der Waals surface area contributed by atoms with Crippen molar-refractivity contribution in [1.82, 2.24) is 15.0 Å². The van der Waals surface area contributed by atoms with Crippen molar-refractivity contribution >= 4 is 5.69 Å². The van der Waals surface area contributed by atoms with E-state index in [-0.39, 0.29) is 0 Å². The lowest BCUT2D eigenvalue weighted by Gasteiger charge is -2.09. The molecular formula is C12H14N4O. The Kier molecular flexibility index (Phi) is 3.85. The van der Waals surface area contributed by atoms with Crippen molar-refractivity contribution in [1.29, 1.82) is 0 Å². The Labute approximate surface area is 99.9 Å². The third kappa shape index (κ3) is 3.14. The van der Waals surface area contributed by atoms with E-state index in [1.54, 1.807) is 31.0 Å². The van der Waals surface area contributed by atoms with Gasteiger partial charge in [0.1, 0.15) is 0 Å². The second-order valence-corrected chi connectivity index (χ2v) is 3.42. The van der Waals surface area contributed by atoms with Crippen molar-refractivity contribution in [2.45, 2.75) is 6.42 Å². The molecule has 0 amide bonds. The van der Waals surface area contributed by atoms with Gasteiger partial charge in [-0.15, -0.1) is 0 Å². The lowest BCUT2D eigenvalue weighted by atomic mass is 10.3. The molecule has 0 aliphatic carbocycles. The molecule has 0 bridgehead atoms. The lowest BCUT2D eigenvalue weighted by Crippen LogP contribution is -2.05. The Morgan fingerprint density at radius 2 is 2.06 bits per heavy atom. The second-order valence-electron chi connectivity index (χ2n) is 3.42. The van der Waals surface area contributed by atoms with Crippen molar-refractivity contribution in [3.63, 3.8) is 0 Å². The van der Waals surface area contributed by atoms with Gasteiger partial charge >= 0.3 is 0 Å². The van der Waals surface area contributed by atoms with Gasteiger partial charge < -0.3 is 10.1 Å². The predicted molar refractivity (Wildman–Crippen MR) is 65.0 cm³/mol. The number of hydrogen-bond donors (Lipinski definition) is 1. The summed E-state index contributed by atoms with van der Waals surface area (Å²) in [6, 6.07) is 1.87. The highest BCUT2D eigenvalue weighted by atomic mass is 16.5. The molecule has 5 heteroatoms. The zero-order chi connectivity index (χ0) is 11.9. The highest BCUT2D eigenvalue weighted by Gasteiger charge is 2.01. The number of nitrogens with zero attached hydrogens (tertiary/aromatic N) is 3. The molecule has 17 heavy (non-hydrogen) atoms. The molecule has 2 aromatic heterocycles. The summed E-state index contributed by atoms with van der Waals surface area (Å²) in [6.45, 7) is 0.555. The zero-order valence-electron chi connectivity index (χ0n) is 9.63. The number of hydrogen-bond acceptors (Lipinski definition) is 5. The average Bonchev–Trinajstić information content (AvgIpc) is 2.40. The van der Waals surface area contributed by atoms with Crippen LogP contribution in [0.3, 0.4) is 0 Å². The summed E-state index contributed by atoms with van der Waals surface area (Å²) >= 11 is 0. The molecule has 2 heterocycles. The van der Waals surface area contributed by atoms with Gasteiger partial charge in [-0.05, 0) is 6.07 Å². The lowest BCUT2D eigenvalue weighted by molar-refractivity contribution is 0.320. The van der Waals surface area contributed by atoms with Crippen molar-refractivity contribution in [3.8, 4) is 5.75 Å². The number of anilines is 1. The largest absolute Gasteiger partial charge is 0.489 e. The van der Waals surface area contributed by atoms with Crippen LogP contribution in [0.1, 0.15) is 5.69 Å². The maximum atomic E-state index is 5.64. The molecule has 1 N–H and O–H groups in total. The summed E-state index contributed by atoms with van der Waals surface area (Å²) in [5.74, 6) is 0.749. The molecule has 0 atom stereocenters. The van der Waals surface area contributed by atoms with Gasteiger partial charge in [0.2, 0.25) is 0 Å². The van der Waals surface area contributed by atoms with Gasteiger partial charge in [-0.1, -0.05) is 0 Å². The molecule has 2 rings (SSSR count). The monoisotopic (exact) mass is 230 g/mol. The SMILES string of the molecule is CNc1ccncc1OCCc1cnccn1. The van der Waals surface area contributed by atoms with Crippen LogP contribution >= 0.6 is 0 Å². The van der Waals surface area contributed by atoms with Crippen LogP contribution in [0.15, 0.2) is 37.1 Å². The Morgan fingerprint density at radius 3 is 2.82 bits per heavy atom. The summed E-state index contributed by atoms with van der Waals surface area (Å²) in [6.07, 6.45) is 9.23. The van der Waals surface area contributed by atoms with E-state index in [0.29, 0.717) is 6.61 Å². The molecule has 0 saturated heterocycles. The molecule has 2 aromatic rings. The van der Waals surface area contributed by atoms with E-state index < -0.39 is 0 Å². The van der Waals surface area contributed by atoms with Crippen molar-refractivity contribution in [3.05, 3.63) is 42.7 Å². The number of nitrogens with one attached hydrogen (secondary N) is 1. The maximum Gasteiger partial charge on any atom is 0.160 e. The molecule has 0 saturated carbocycles. The molecule has 0 unspecified atom stereocenters. The fraction of sp³-hybridized carbons (Fsp3) is 0.250. The molecule has 0 aliphatic rings. The van der Waals surface area contributed by atoms with Gasteiger partial charge in [-0.2, -0.15) is 0 Å². The van der Waals surface area contributed by atoms with Gasteiger partial charge in [0.15, 0.2) is 5.75 Å². The summed E-state index contributed by atoms with van der Waals surface area (Å²) in [5, 5.41) is 3.05. The minimum atomic E-state index is 0.555. The van der Waals surface area contributed by atoms with E-state index in [4.69, 9.17) is 4.74 Å². The molecule has 0 radical (unpaired) electrons. The van der Waals surface area contributed by atoms with E-state index in [2.05, 4.69) is 20.3 Å². The van der Waals surface area contributed by atoms with E-state index in [0.717, 1.165) is 23.6 Å². The van der Waals surface area contributed by atoms with Crippen LogP contribution in [0.25, 0.3) is 0 Å². The van der Waals surface area contributed by atoms with Crippen LogP contribution in [0.4, 0.5) is 5.69 Å². The molecule has 88 valence electrons. The van der Waals surface area contributed by atoms with E-state index >= 15 is 0 Å². The summed E-state index contributed by atoms with van der Waals surface area (Å²) in [7, 11) is 1.85. The molecule has 0 fully saturated rings. The predicted octanol–water partition coefficient (Wildman–Crippen LogP) is 1.53. The van der Waals surface area contributed by atoms with Crippen LogP contribution in [0.2, 0.25) is 0 Å². The number of pyridine rings is 1. The summed E-state index contributed by atoms with van der Waals surface area (Å²) in [5.41, 5.74) is 1.85. The van der Waals surface area contributed by atoms with E-state index in [9.17, 15) is 0 Å². The fourth-order valence-corrected chi connectivity index (χ4v) is 1.43. The third-order valence-electron chi connectivity index (χ3n) is 2.29. The molecule has 0 aliphatic heterocycles. The molecule has 0 aromatic carbocycles. The summed E-state index contributed by atoms with van der Waals surface area (Å²) < 4.78 is 5.64. The number of rotatable bonds is 5. The first-order chi connectivity index (χ1) is 8.40. The Hall–Kier alpha value is -2.17. The smallest absolute Gasteiger partial charge is 0.160 e. The van der Waals surface area contributed by atoms with Crippen LogP contribution in [-0.2, 0) is 6.42 Å². The van der Waals surface area contributed by atoms with Crippen LogP contribution in [0, 0.1) is 0 Å². The van der Waals surface area contributed by atoms with Crippen molar-refractivity contribution in [2.24, 2.45) is 0 Å². The van der Waals surface area contributed by atoms with E-state index in [1.807, 2.05) is 13.1 Å². The van der Waals surface area contributed by atoms with Gasteiger partial charge in [-0.3, -0.25) is 15.0 Å². The molecular weight excluding hydrogens is 216 g/mol. The highest BCUT2D eigenvalue weighted by Crippen LogP contribution is 2.21. The average molecular weight is 230 g/mol. The van der Waals surface area contributed by atoms with Crippen molar-refractivity contribution in [2.75, 3.05) is 19.0 Å². The Morgan fingerprint density at radius 1 is 1.18 bits per heavy atom. The first-order valence-electron chi connectivity index (χ1n) is 5.39. The van der Waals surface area contributed by atoms with Crippen molar-refractivity contribution < 1.29 is 4.74 Å². The quantitative estimate of drug-likeness (QED) is 0.844. The number of aromatic nitrogens is 3. The molecule has 0 spiro atoms. The minimum absolute atomic E-state index is 0.555. The van der Waals surface area contributed by atoms with Gasteiger partial charge in [0.25, 0.3) is 0 Å². The first kappa shape index (κ1) is 11.3. The summed E-state index contributed by atoms with van der Waals surface area (Å²) in [4.78, 5) is 12.2. The zero-order valence-corrected chi connectivity index (χ0v) is 9.63. The normalized spacial score (nSPS) is 9.94.